The first-order chi connectivity index (χ1) is 9.69. The number of halogens is 2. The van der Waals surface area contributed by atoms with Crippen LogP contribution in [0.25, 0.3) is 0 Å². The molecular formula is C17H20ClFO. The molecule has 0 spiro atoms. The van der Waals surface area contributed by atoms with Gasteiger partial charge in [-0.1, -0.05) is 18.8 Å². The van der Waals surface area contributed by atoms with E-state index in [2.05, 4.69) is 18.8 Å². The number of hydrogen-bond donors (Lipinski definition) is 0. The first-order valence-electron chi connectivity index (χ1n) is 7.20. The van der Waals surface area contributed by atoms with Crippen LogP contribution in [0.3, 0.4) is 0 Å². The topological polar surface area (TPSA) is 9.23 Å². The second-order valence-electron chi connectivity index (χ2n) is 5.38. The second-order valence-corrected chi connectivity index (χ2v) is 5.76. The molecule has 1 nitrogen and oxygen atoms in total. The minimum Gasteiger partial charge on any atom is -0.489 e. The van der Waals surface area contributed by atoms with E-state index >= 15 is 0 Å². The molecule has 108 valence electrons. The zero-order valence-electron chi connectivity index (χ0n) is 11.8. The number of rotatable bonds is 3. The van der Waals surface area contributed by atoms with Gasteiger partial charge in [0.2, 0.25) is 0 Å². The molecule has 1 saturated carbocycles. The van der Waals surface area contributed by atoms with Crippen LogP contribution in [0.2, 0.25) is 0 Å². The van der Waals surface area contributed by atoms with E-state index in [0.29, 0.717) is 18.1 Å². The molecule has 0 aliphatic heterocycles. The van der Waals surface area contributed by atoms with Crippen molar-refractivity contribution in [3.8, 4) is 17.6 Å². The van der Waals surface area contributed by atoms with Crippen LogP contribution < -0.4 is 4.74 Å². The molecule has 0 saturated heterocycles. The molecule has 1 aliphatic carbocycles. The standard InChI is InChI=1S/C17H20ClFO/c1-13-5-9-16(10-6-13)20-17-12-15(19)8-7-14(17)4-2-3-11-18/h7-8,12-13,16H,3,5-6,9-11H2,1H3. The zero-order valence-corrected chi connectivity index (χ0v) is 12.5. The van der Waals surface area contributed by atoms with Gasteiger partial charge in [0.15, 0.2) is 0 Å². The van der Waals surface area contributed by atoms with E-state index < -0.39 is 0 Å². The van der Waals surface area contributed by atoms with Crippen molar-refractivity contribution < 1.29 is 9.13 Å². The van der Waals surface area contributed by atoms with Gasteiger partial charge >= 0.3 is 0 Å². The third-order valence-corrected chi connectivity index (χ3v) is 3.83. The Morgan fingerprint density at radius 1 is 1.30 bits per heavy atom. The molecule has 0 unspecified atom stereocenters. The van der Waals surface area contributed by atoms with Crippen molar-refractivity contribution in [1.29, 1.82) is 0 Å². The minimum atomic E-state index is -0.285. The van der Waals surface area contributed by atoms with Crippen molar-refractivity contribution in [2.24, 2.45) is 5.92 Å². The summed E-state index contributed by atoms with van der Waals surface area (Å²) in [7, 11) is 0. The van der Waals surface area contributed by atoms with Gasteiger partial charge in [-0.2, -0.15) is 0 Å². The van der Waals surface area contributed by atoms with E-state index in [4.69, 9.17) is 16.3 Å². The first-order valence-corrected chi connectivity index (χ1v) is 7.73. The van der Waals surface area contributed by atoms with E-state index in [9.17, 15) is 4.39 Å². The van der Waals surface area contributed by atoms with Gasteiger partial charge in [-0.3, -0.25) is 0 Å². The monoisotopic (exact) mass is 294 g/mol. The highest BCUT2D eigenvalue weighted by Gasteiger charge is 2.20. The van der Waals surface area contributed by atoms with Gasteiger partial charge < -0.3 is 4.74 Å². The van der Waals surface area contributed by atoms with Crippen molar-refractivity contribution in [2.75, 3.05) is 5.88 Å². The summed E-state index contributed by atoms with van der Waals surface area (Å²) in [5.74, 6) is 7.54. The van der Waals surface area contributed by atoms with Gasteiger partial charge in [-0.15, -0.1) is 11.6 Å². The van der Waals surface area contributed by atoms with Crippen LogP contribution in [0.4, 0.5) is 4.39 Å². The SMILES string of the molecule is CC1CCC(Oc2cc(F)ccc2C#CCCCl)CC1. The fourth-order valence-electron chi connectivity index (χ4n) is 2.43. The van der Waals surface area contributed by atoms with Crippen molar-refractivity contribution in [1.82, 2.24) is 0 Å². The molecule has 0 N–H and O–H groups in total. The summed E-state index contributed by atoms with van der Waals surface area (Å²) in [6.45, 7) is 2.27. The molecule has 0 atom stereocenters. The predicted molar refractivity (Wildman–Crippen MR) is 80.7 cm³/mol. The fraction of sp³-hybridized carbons (Fsp3) is 0.529. The molecule has 1 fully saturated rings. The van der Waals surface area contributed by atoms with Crippen molar-refractivity contribution in [3.63, 3.8) is 0 Å². The molecule has 0 aromatic heterocycles. The highest BCUT2D eigenvalue weighted by atomic mass is 35.5. The molecule has 0 heterocycles. The Labute approximate surface area is 125 Å². The molecule has 1 aromatic carbocycles. The number of ether oxygens (including phenoxy) is 1. The van der Waals surface area contributed by atoms with Crippen molar-refractivity contribution in [2.45, 2.75) is 45.1 Å². The lowest BCUT2D eigenvalue weighted by atomic mass is 9.89. The quantitative estimate of drug-likeness (QED) is 0.577. The summed E-state index contributed by atoms with van der Waals surface area (Å²) in [6.07, 6.45) is 5.22. The average Bonchev–Trinajstić information content (AvgIpc) is 2.44. The molecule has 0 radical (unpaired) electrons. The van der Waals surface area contributed by atoms with Crippen molar-refractivity contribution >= 4 is 11.6 Å². The lowest BCUT2D eigenvalue weighted by Crippen LogP contribution is -2.23. The summed E-state index contributed by atoms with van der Waals surface area (Å²) in [5, 5.41) is 0. The molecule has 2 rings (SSSR count). The fourth-order valence-corrected chi connectivity index (χ4v) is 2.52. The Bertz CT molecular complexity index is 495. The van der Waals surface area contributed by atoms with Gasteiger partial charge in [0, 0.05) is 18.4 Å². The summed E-state index contributed by atoms with van der Waals surface area (Å²) in [5.41, 5.74) is 0.745. The second kappa shape index (κ2) is 7.55. The van der Waals surface area contributed by atoms with Gasteiger partial charge in [0.1, 0.15) is 11.6 Å². The van der Waals surface area contributed by atoms with E-state index in [1.54, 1.807) is 6.07 Å². The maximum absolute atomic E-state index is 13.4. The van der Waals surface area contributed by atoms with Crippen LogP contribution >= 0.6 is 11.6 Å². The van der Waals surface area contributed by atoms with E-state index in [-0.39, 0.29) is 11.9 Å². The number of benzene rings is 1. The number of alkyl halides is 1. The maximum atomic E-state index is 13.4. The molecular weight excluding hydrogens is 275 g/mol. The molecule has 1 aliphatic rings. The van der Waals surface area contributed by atoms with Gasteiger partial charge in [0.25, 0.3) is 0 Å². The summed E-state index contributed by atoms with van der Waals surface area (Å²) >= 11 is 5.61. The predicted octanol–water partition coefficient (Wildman–Crippen LogP) is 4.76. The summed E-state index contributed by atoms with van der Waals surface area (Å²) in [6, 6.07) is 4.53. The highest BCUT2D eigenvalue weighted by Crippen LogP contribution is 2.29. The van der Waals surface area contributed by atoms with Crippen molar-refractivity contribution in [3.05, 3.63) is 29.6 Å². The van der Waals surface area contributed by atoms with Gasteiger partial charge in [0.05, 0.1) is 11.7 Å². The Kier molecular flexibility index (Phi) is 5.73. The van der Waals surface area contributed by atoms with Crippen LogP contribution in [0.5, 0.6) is 5.75 Å². The maximum Gasteiger partial charge on any atom is 0.138 e. The molecule has 1 aromatic rings. The largest absolute Gasteiger partial charge is 0.489 e. The molecule has 0 amide bonds. The van der Waals surface area contributed by atoms with Crippen LogP contribution in [-0.4, -0.2) is 12.0 Å². The average molecular weight is 295 g/mol. The first kappa shape index (κ1) is 15.2. The van der Waals surface area contributed by atoms with Crippen LogP contribution in [0, 0.1) is 23.6 Å². The third-order valence-electron chi connectivity index (χ3n) is 3.64. The lowest BCUT2D eigenvalue weighted by Gasteiger charge is -2.27. The van der Waals surface area contributed by atoms with E-state index in [1.165, 1.54) is 25.0 Å². The molecule has 20 heavy (non-hydrogen) atoms. The van der Waals surface area contributed by atoms with Gasteiger partial charge in [-0.25, -0.2) is 4.39 Å². The third kappa shape index (κ3) is 4.42. The zero-order chi connectivity index (χ0) is 14.4. The normalized spacial score (nSPS) is 21.9. The van der Waals surface area contributed by atoms with E-state index in [0.717, 1.165) is 24.3 Å². The van der Waals surface area contributed by atoms with E-state index in [1.807, 2.05) is 0 Å². The Morgan fingerprint density at radius 3 is 2.75 bits per heavy atom. The Balaban J connectivity index is 2.09. The summed E-state index contributed by atoms with van der Waals surface area (Å²) < 4.78 is 19.4. The Morgan fingerprint density at radius 2 is 2.05 bits per heavy atom. The molecule has 3 heteroatoms. The lowest BCUT2D eigenvalue weighted by molar-refractivity contribution is 0.135. The van der Waals surface area contributed by atoms with Gasteiger partial charge in [-0.05, 0) is 43.7 Å². The van der Waals surface area contributed by atoms with Crippen LogP contribution in [0.15, 0.2) is 18.2 Å². The van der Waals surface area contributed by atoms with Crippen LogP contribution in [0.1, 0.15) is 44.6 Å². The Hall–Kier alpha value is -1.20. The minimum absolute atomic E-state index is 0.182. The van der Waals surface area contributed by atoms with Crippen LogP contribution in [-0.2, 0) is 0 Å². The summed E-state index contributed by atoms with van der Waals surface area (Å²) in [4.78, 5) is 0. The smallest absolute Gasteiger partial charge is 0.138 e. The number of hydrogen-bond acceptors (Lipinski definition) is 1. The molecule has 0 bridgehead atoms. The highest BCUT2D eigenvalue weighted by molar-refractivity contribution is 6.18.